The van der Waals surface area contributed by atoms with Gasteiger partial charge in [0.15, 0.2) is 0 Å². The van der Waals surface area contributed by atoms with Crippen LogP contribution in [0.1, 0.15) is 42.4 Å². The third-order valence-electron chi connectivity index (χ3n) is 6.01. The average molecular weight is 546 g/mol. The first-order valence-corrected chi connectivity index (χ1v) is 11.9. The van der Waals surface area contributed by atoms with Gasteiger partial charge in [-0.25, -0.2) is 4.98 Å². The SMILES string of the molecule is CC(C)c1ncc(C[C@H](NC(=O)[C@@H](N)Cc2c[nH]c3ccccc23)C(=O)NCc2ccccc2)[nH]1.Cl.Cl. The topological polar surface area (TPSA) is 129 Å². The van der Waals surface area contributed by atoms with Gasteiger partial charge in [0.1, 0.15) is 11.9 Å². The van der Waals surface area contributed by atoms with Crippen LogP contribution in [0.15, 0.2) is 67.0 Å². The van der Waals surface area contributed by atoms with E-state index in [0.29, 0.717) is 13.0 Å². The van der Waals surface area contributed by atoms with Crippen LogP contribution < -0.4 is 16.4 Å². The molecule has 2 amide bonds. The van der Waals surface area contributed by atoms with Crippen molar-refractivity contribution in [2.24, 2.45) is 5.73 Å². The Morgan fingerprint density at radius 1 is 0.973 bits per heavy atom. The monoisotopic (exact) mass is 544 g/mol. The average Bonchev–Trinajstić information content (AvgIpc) is 3.50. The van der Waals surface area contributed by atoms with Gasteiger partial charge < -0.3 is 26.3 Å². The molecule has 0 aliphatic carbocycles. The van der Waals surface area contributed by atoms with Crippen LogP contribution >= 0.6 is 24.8 Å². The summed E-state index contributed by atoms with van der Waals surface area (Å²) in [5.74, 6) is 0.417. The maximum Gasteiger partial charge on any atom is 0.243 e. The minimum Gasteiger partial charge on any atom is -0.361 e. The highest BCUT2D eigenvalue weighted by molar-refractivity contribution is 5.91. The highest BCUT2D eigenvalue weighted by Gasteiger charge is 2.25. The fourth-order valence-corrected chi connectivity index (χ4v) is 4.02. The molecule has 37 heavy (non-hydrogen) atoms. The normalized spacial score (nSPS) is 12.3. The number of rotatable bonds is 10. The first kappa shape index (κ1) is 29.9. The van der Waals surface area contributed by atoms with Crippen molar-refractivity contribution < 1.29 is 9.59 Å². The van der Waals surface area contributed by atoms with Crippen LogP contribution in [0.4, 0.5) is 0 Å². The number of hydrogen-bond acceptors (Lipinski definition) is 4. The van der Waals surface area contributed by atoms with Crippen LogP contribution in [0.3, 0.4) is 0 Å². The summed E-state index contributed by atoms with van der Waals surface area (Å²) in [6, 6.07) is 15.9. The Bertz CT molecular complexity index is 1290. The number of amides is 2. The minimum absolute atomic E-state index is 0. The second-order valence-corrected chi connectivity index (χ2v) is 9.09. The molecular formula is C27H34Cl2N6O2. The summed E-state index contributed by atoms with van der Waals surface area (Å²) in [7, 11) is 0. The molecule has 0 bridgehead atoms. The number of para-hydroxylation sites is 1. The van der Waals surface area contributed by atoms with Crippen molar-refractivity contribution in [1.82, 2.24) is 25.6 Å². The molecular weight excluding hydrogens is 511 g/mol. The van der Waals surface area contributed by atoms with E-state index < -0.39 is 12.1 Å². The van der Waals surface area contributed by atoms with Gasteiger partial charge in [-0.1, -0.05) is 62.4 Å². The molecule has 6 N–H and O–H groups in total. The molecule has 0 spiro atoms. The van der Waals surface area contributed by atoms with Gasteiger partial charge in [0.05, 0.1) is 6.04 Å². The number of aromatic amines is 2. The first-order valence-electron chi connectivity index (χ1n) is 11.9. The third-order valence-corrected chi connectivity index (χ3v) is 6.01. The van der Waals surface area contributed by atoms with Gasteiger partial charge in [-0.05, 0) is 23.6 Å². The summed E-state index contributed by atoms with van der Waals surface area (Å²) < 4.78 is 0. The lowest BCUT2D eigenvalue weighted by Gasteiger charge is -2.20. The number of aromatic nitrogens is 3. The van der Waals surface area contributed by atoms with Crippen LogP contribution in [-0.4, -0.2) is 38.8 Å². The Morgan fingerprint density at radius 2 is 1.68 bits per heavy atom. The predicted molar refractivity (Wildman–Crippen MR) is 151 cm³/mol. The van der Waals surface area contributed by atoms with Gasteiger partial charge in [0, 0.05) is 47.9 Å². The Labute approximate surface area is 229 Å². The summed E-state index contributed by atoms with van der Waals surface area (Å²) in [5.41, 5.74) is 9.98. The zero-order chi connectivity index (χ0) is 24.8. The van der Waals surface area contributed by atoms with Crippen LogP contribution in [0, 0.1) is 0 Å². The van der Waals surface area contributed by atoms with E-state index in [9.17, 15) is 9.59 Å². The largest absolute Gasteiger partial charge is 0.361 e. The van der Waals surface area contributed by atoms with Gasteiger partial charge in [-0.3, -0.25) is 9.59 Å². The lowest BCUT2D eigenvalue weighted by molar-refractivity contribution is -0.129. The number of nitrogens with one attached hydrogen (secondary N) is 4. The van der Waals surface area contributed by atoms with Crippen molar-refractivity contribution in [2.75, 3.05) is 0 Å². The highest BCUT2D eigenvalue weighted by atomic mass is 35.5. The van der Waals surface area contributed by atoms with Crippen molar-refractivity contribution in [3.63, 3.8) is 0 Å². The number of carbonyl (C=O) groups excluding carboxylic acids is 2. The maximum atomic E-state index is 13.1. The van der Waals surface area contributed by atoms with Crippen LogP contribution in [-0.2, 0) is 29.0 Å². The zero-order valence-electron chi connectivity index (χ0n) is 20.9. The molecule has 2 aromatic carbocycles. The molecule has 0 saturated carbocycles. The van der Waals surface area contributed by atoms with Crippen molar-refractivity contribution in [1.29, 1.82) is 0 Å². The number of benzene rings is 2. The molecule has 4 aromatic rings. The second-order valence-electron chi connectivity index (χ2n) is 9.09. The lowest BCUT2D eigenvalue weighted by Crippen LogP contribution is -2.53. The fraction of sp³-hybridized carbons (Fsp3) is 0.296. The van der Waals surface area contributed by atoms with Crippen molar-refractivity contribution in [2.45, 2.75) is 51.2 Å². The molecule has 0 fully saturated rings. The molecule has 10 heteroatoms. The third kappa shape index (κ3) is 7.82. The molecule has 0 aliphatic heterocycles. The van der Waals surface area contributed by atoms with E-state index in [2.05, 4.69) is 25.6 Å². The van der Waals surface area contributed by atoms with Crippen LogP contribution in [0.5, 0.6) is 0 Å². The van der Waals surface area contributed by atoms with Crippen LogP contribution in [0.2, 0.25) is 0 Å². The molecule has 198 valence electrons. The Morgan fingerprint density at radius 3 is 2.38 bits per heavy atom. The van der Waals surface area contributed by atoms with E-state index in [1.165, 1.54) is 0 Å². The smallest absolute Gasteiger partial charge is 0.243 e. The quantitative estimate of drug-likeness (QED) is 0.208. The molecule has 8 nitrogen and oxygen atoms in total. The highest BCUT2D eigenvalue weighted by Crippen LogP contribution is 2.19. The number of fused-ring (bicyclic) bond motifs is 1. The van der Waals surface area contributed by atoms with E-state index in [1.807, 2.05) is 74.6 Å². The Balaban J connectivity index is 0.00000241. The number of imidazole rings is 1. The molecule has 0 aliphatic rings. The van der Waals surface area contributed by atoms with E-state index in [1.54, 1.807) is 6.20 Å². The number of halogens is 2. The number of hydrogen-bond donors (Lipinski definition) is 5. The Hall–Kier alpha value is -3.33. The number of nitrogens with zero attached hydrogens (tertiary/aromatic N) is 1. The summed E-state index contributed by atoms with van der Waals surface area (Å²) in [6.07, 6.45) is 4.23. The first-order chi connectivity index (χ1) is 16.9. The van der Waals surface area contributed by atoms with E-state index in [-0.39, 0.29) is 49.0 Å². The van der Waals surface area contributed by atoms with E-state index >= 15 is 0 Å². The zero-order valence-corrected chi connectivity index (χ0v) is 22.5. The maximum absolute atomic E-state index is 13.1. The molecule has 4 rings (SSSR count). The van der Waals surface area contributed by atoms with Gasteiger partial charge in [0.2, 0.25) is 11.8 Å². The van der Waals surface area contributed by atoms with E-state index in [4.69, 9.17) is 5.73 Å². The van der Waals surface area contributed by atoms with Gasteiger partial charge in [0.25, 0.3) is 0 Å². The number of carbonyl (C=O) groups is 2. The molecule has 2 aromatic heterocycles. The number of H-pyrrole nitrogens is 2. The lowest BCUT2D eigenvalue weighted by atomic mass is 10.0. The van der Waals surface area contributed by atoms with Gasteiger partial charge >= 0.3 is 0 Å². The Kier molecular flexibility index (Phi) is 11.2. The molecule has 2 heterocycles. The summed E-state index contributed by atoms with van der Waals surface area (Å²) >= 11 is 0. The predicted octanol–water partition coefficient (Wildman–Crippen LogP) is 3.77. The molecule has 0 saturated heterocycles. The summed E-state index contributed by atoms with van der Waals surface area (Å²) in [5, 5.41) is 6.83. The van der Waals surface area contributed by atoms with Crippen molar-refractivity contribution >= 4 is 47.5 Å². The van der Waals surface area contributed by atoms with Gasteiger partial charge in [-0.15, -0.1) is 24.8 Å². The fourth-order valence-electron chi connectivity index (χ4n) is 4.02. The van der Waals surface area contributed by atoms with Crippen molar-refractivity contribution in [3.8, 4) is 0 Å². The summed E-state index contributed by atoms with van der Waals surface area (Å²) in [6.45, 7) is 4.45. The standard InChI is InChI=1S/C27H32N6O2.2ClH/c1-17(2)25-30-16-20(32-25)13-24(27(35)31-14-18-8-4-3-5-9-18)33-26(34)22(28)12-19-15-29-23-11-7-6-10-21(19)23;;/h3-11,15-17,22,24,29H,12-14,28H2,1-2H3,(H,30,32)(H,31,35)(H,33,34);2*1H/t22-,24-;;/m0../s1. The van der Waals surface area contributed by atoms with Crippen LogP contribution in [0.25, 0.3) is 10.9 Å². The minimum atomic E-state index is -0.799. The van der Waals surface area contributed by atoms with E-state index in [0.717, 1.165) is 33.5 Å². The molecule has 0 unspecified atom stereocenters. The molecule has 2 atom stereocenters. The number of nitrogens with two attached hydrogens (primary N) is 1. The van der Waals surface area contributed by atoms with Crippen molar-refractivity contribution in [3.05, 3.63) is 89.6 Å². The van der Waals surface area contributed by atoms with Gasteiger partial charge in [-0.2, -0.15) is 0 Å². The summed E-state index contributed by atoms with van der Waals surface area (Å²) in [4.78, 5) is 37.0. The molecule has 0 radical (unpaired) electrons. The second kappa shape index (κ2) is 13.8.